The molecule has 1 saturated heterocycles. The van der Waals surface area contributed by atoms with E-state index in [4.69, 9.17) is 4.74 Å². The number of nitrogens with zero attached hydrogens (tertiary/aromatic N) is 3. The van der Waals surface area contributed by atoms with Gasteiger partial charge in [-0.25, -0.2) is 4.79 Å². The summed E-state index contributed by atoms with van der Waals surface area (Å²) in [5.41, 5.74) is 0.0591. The van der Waals surface area contributed by atoms with Crippen LogP contribution in [-0.2, 0) is 15.7 Å². The maximum atomic E-state index is 12.7. The first-order chi connectivity index (χ1) is 12.4. The topological polar surface area (TPSA) is 64.5 Å². The third-order valence-corrected chi connectivity index (χ3v) is 4.05. The lowest BCUT2D eigenvalue weighted by atomic mass is 10.1. The molecule has 0 N–H and O–H groups in total. The number of hydrogen-bond acceptors (Lipinski definition) is 6. The summed E-state index contributed by atoms with van der Waals surface area (Å²) in [6.45, 7) is 1.37. The Bertz CT molecular complexity index is 764. The van der Waals surface area contributed by atoms with Crippen LogP contribution in [0, 0.1) is 0 Å². The molecule has 1 aliphatic rings. The quantitative estimate of drug-likeness (QED) is 0.778. The molecule has 1 fully saturated rings. The fourth-order valence-corrected chi connectivity index (χ4v) is 2.65. The number of esters is 1. The van der Waals surface area contributed by atoms with Crippen LogP contribution < -0.4 is 4.90 Å². The number of carbonyl (C=O) groups is 1. The van der Waals surface area contributed by atoms with Crippen LogP contribution >= 0.6 is 0 Å². The standard InChI is InChI=1S/C17H16F3N3O3/c1-25-16(24)13-6-7-15(22-21-13)23-8-9-26-14(10-23)11-2-4-12(5-3-11)17(18,19)20/h2-7,14H,8-10H2,1H3. The summed E-state index contributed by atoms with van der Waals surface area (Å²) < 4.78 is 48.3. The molecule has 26 heavy (non-hydrogen) atoms. The van der Waals surface area contributed by atoms with E-state index in [2.05, 4.69) is 14.9 Å². The maximum absolute atomic E-state index is 12.7. The summed E-state index contributed by atoms with van der Waals surface area (Å²) in [6.07, 6.45) is -4.75. The lowest BCUT2D eigenvalue weighted by Gasteiger charge is -2.33. The van der Waals surface area contributed by atoms with E-state index in [0.717, 1.165) is 12.1 Å². The van der Waals surface area contributed by atoms with Gasteiger partial charge in [0.1, 0.15) is 6.10 Å². The summed E-state index contributed by atoms with van der Waals surface area (Å²) in [6, 6.07) is 8.09. The molecule has 2 aromatic rings. The van der Waals surface area contributed by atoms with E-state index in [1.165, 1.54) is 25.3 Å². The lowest BCUT2D eigenvalue weighted by molar-refractivity contribution is -0.137. The Hall–Kier alpha value is -2.68. The van der Waals surface area contributed by atoms with Crippen molar-refractivity contribution in [1.82, 2.24) is 10.2 Å². The van der Waals surface area contributed by atoms with Crippen LogP contribution in [0.1, 0.15) is 27.7 Å². The molecule has 0 saturated carbocycles. The predicted molar refractivity (Wildman–Crippen MR) is 85.7 cm³/mol. The number of morpholine rings is 1. The van der Waals surface area contributed by atoms with E-state index in [-0.39, 0.29) is 11.8 Å². The molecular formula is C17H16F3N3O3. The zero-order valence-corrected chi connectivity index (χ0v) is 13.9. The van der Waals surface area contributed by atoms with Crippen molar-refractivity contribution in [2.45, 2.75) is 12.3 Å². The van der Waals surface area contributed by atoms with E-state index in [9.17, 15) is 18.0 Å². The molecule has 9 heteroatoms. The molecule has 2 heterocycles. The summed E-state index contributed by atoms with van der Waals surface area (Å²) in [4.78, 5) is 13.3. The highest BCUT2D eigenvalue weighted by molar-refractivity contribution is 5.86. The SMILES string of the molecule is COC(=O)c1ccc(N2CCOC(c3ccc(C(F)(F)F)cc3)C2)nn1. The van der Waals surface area contributed by atoms with Gasteiger partial charge < -0.3 is 14.4 Å². The van der Waals surface area contributed by atoms with Gasteiger partial charge in [0.25, 0.3) is 0 Å². The normalized spacial score (nSPS) is 17.8. The number of hydrogen-bond donors (Lipinski definition) is 0. The van der Waals surface area contributed by atoms with Crippen molar-refractivity contribution in [3.05, 3.63) is 53.2 Å². The largest absolute Gasteiger partial charge is 0.464 e. The van der Waals surface area contributed by atoms with Gasteiger partial charge >= 0.3 is 12.1 Å². The second kappa shape index (κ2) is 7.28. The van der Waals surface area contributed by atoms with Gasteiger partial charge in [0.05, 0.1) is 19.3 Å². The molecule has 0 spiro atoms. The average molecular weight is 367 g/mol. The molecule has 1 aromatic heterocycles. The van der Waals surface area contributed by atoms with Crippen LogP contribution in [0.15, 0.2) is 36.4 Å². The van der Waals surface area contributed by atoms with Gasteiger partial charge in [-0.05, 0) is 29.8 Å². The lowest BCUT2D eigenvalue weighted by Crippen LogP contribution is -2.39. The van der Waals surface area contributed by atoms with E-state index in [1.807, 2.05) is 4.90 Å². The van der Waals surface area contributed by atoms with Crippen LogP contribution in [-0.4, -0.2) is 43.0 Å². The molecule has 1 aromatic carbocycles. The number of benzene rings is 1. The van der Waals surface area contributed by atoms with E-state index >= 15 is 0 Å². The minimum Gasteiger partial charge on any atom is -0.464 e. The van der Waals surface area contributed by atoms with Crippen LogP contribution in [0.3, 0.4) is 0 Å². The van der Waals surface area contributed by atoms with Crippen molar-refractivity contribution in [3.63, 3.8) is 0 Å². The van der Waals surface area contributed by atoms with Crippen molar-refractivity contribution in [2.75, 3.05) is 31.7 Å². The molecule has 0 amide bonds. The first-order valence-corrected chi connectivity index (χ1v) is 7.84. The number of ether oxygens (including phenoxy) is 2. The Morgan fingerprint density at radius 3 is 2.50 bits per heavy atom. The van der Waals surface area contributed by atoms with Gasteiger partial charge in [0, 0.05) is 13.1 Å². The molecule has 3 rings (SSSR count). The minimum atomic E-state index is -4.37. The smallest absolute Gasteiger partial charge is 0.416 e. The van der Waals surface area contributed by atoms with Crippen LogP contribution in [0.5, 0.6) is 0 Å². The molecular weight excluding hydrogens is 351 g/mol. The van der Waals surface area contributed by atoms with Gasteiger partial charge in [-0.1, -0.05) is 12.1 Å². The maximum Gasteiger partial charge on any atom is 0.416 e. The summed E-state index contributed by atoms with van der Waals surface area (Å²) in [7, 11) is 1.26. The first kappa shape index (κ1) is 18.1. The van der Waals surface area contributed by atoms with Crippen LogP contribution in [0.25, 0.3) is 0 Å². The Kier molecular flexibility index (Phi) is 5.08. The Labute approximate surface area is 147 Å². The van der Waals surface area contributed by atoms with Crippen molar-refractivity contribution < 1.29 is 27.4 Å². The fourth-order valence-electron chi connectivity index (χ4n) is 2.65. The van der Waals surface area contributed by atoms with Crippen molar-refractivity contribution in [1.29, 1.82) is 0 Å². The van der Waals surface area contributed by atoms with Gasteiger partial charge in [-0.2, -0.15) is 13.2 Å². The highest BCUT2D eigenvalue weighted by Crippen LogP contribution is 2.31. The molecule has 1 atom stereocenters. The first-order valence-electron chi connectivity index (χ1n) is 7.84. The van der Waals surface area contributed by atoms with E-state index < -0.39 is 17.7 Å². The number of alkyl halides is 3. The third kappa shape index (κ3) is 3.93. The van der Waals surface area contributed by atoms with Crippen LogP contribution in [0.4, 0.5) is 19.0 Å². The Morgan fingerprint density at radius 1 is 1.19 bits per heavy atom. The highest BCUT2D eigenvalue weighted by Gasteiger charge is 2.31. The molecule has 1 aliphatic heterocycles. The number of carbonyl (C=O) groups excluding carboxylic acids is 1. The second-order valence-electron chi connectivity index (χ2n) is 5.69. The van der Waals surface area contributed by atoms with E-state index in [0.29, 0.717) is 31.1 Å². The van der Waals surface area contributed by atoms with Gasteiger partial charge in [-0.3, -0.25) is 0 Å². The average Bonchev–Trinajstić information content (AvgIpc) is 2.67. The van der Waals surface area contributed by atoms with Crippen LogP contribution in [0.2, 0.25) is 0 Å². The zero-order chi connectivity index (χ0) is 18.7. The second-order valence-corrected chi connectivity index (χ2v) is 5.69. The minimum absolute atomic E-state index is 0.101. The Morgan fingerprint density at radius 2 is 1.92 bits per heavy atom. The van der Waals surface area contributed by atoms with Gasteiger partial charge in [-0.15, -0.1) is 10.2 Å². The molecule has 0 bridgehead atoms. The number of methoxy groups -OCH3 is 1. The predicted octanol–water partition coefficient (Wildman–Crippen LogP) is 2.86. The zero-order valence-electron chi connectivity index (χ0n) is 13.9. The molecule has 138 valence electrons. The molecule has 1 unspecified atom stereocenters. The number of anilines is 1. The fraction of sp³-hybridized carbons (Fsp3) is 0.353. The van der Waals surface area contributed by atoms with Crippen molar-refractivity contribution >= 4 is 11.8 Å². The monoisotopic (exact) mass is 367 g/mol. The number of rotatable bonds is 3. The highest BCUT2D eigenvalue weighted by atomic mass is 19.4. The van der Waals surface area contributed by atoms with Gasteiger partial charge in [0.15, 0.2) is 11.5 Å². The van der Waals surface area contributed by atoms with Crippen molar-refractivity contribution in [2.24, 2.45) is 0 Å². The molecule has 0 aliphatic carbocycles. The number of aromatic nitrogens is 2. The Balaban J connectivity index is 1.72. The summed E-state index contributed by atoms with van der Waals surface area (Å²) in [5.74, 6) is -0.0217. The van der Waals surface area contributed by atoms with Gasteiger partial charge in [0.2, 0.25) is 0 Å². The summed E-state index contributed by atoms with van der Waals surface area (Å²) in [5, 5.41) is 7.85. The number of halogens is 3. The van der Waals surface area contributed by atoms with E-state index in [1.54, 1.807) is 6.07 Å². The summed E-state index contributed by atoms with van der Waals surface area (Å²) >= 11 is 0. The third-order valence-electron chi connectivity index (χ3n) is 4.05. The molecule has 6 nitrogen and oxygen atoms in total. The van der Waals surface area contributed by atoms with Crippen molar-refractivity contribution in [3.8, 4) is 0 Å². The molecule has 0 radical (unpaired) electrons.